The summed E-state index contributed by atoms with van der Waals surface area (Å²) in [6.07, 6.45) is 4.87. The van der Waals surface area contributed by atoms with E-state index in [1.807, 2.05) is 11.4 Å². The average Bonchev–Trinajstić information content (AvgIpc) is 3.28. The number of hydrogen-bond acceptors (Lipinski definition) is 5. The number of nitrogens with one attached hydrogen (secondary N) is 1. The molecule has 0 bridgehead atoms. The van der Waals surface area contributed by atoms with Crippen LogP contribution in [0, 0.1) is 18.8 Å². The fourth-order valence-corrected chi connectivity index (χ4v) is 5.90. The number of aryl methyl sites for hydroxylation is 1. The topological polar surface area (TPSA) is 64.0 Å². The van der Waals surface area contributed by atoms with Crippen LogP contribution in [0.2, 0.25) is 0 Å². The highest BCUT2D eigenvalue weighted by atomic mass is 32.1. The number of aromatic nitrogens is 2. The first kappa shape index (κ1) is 19.3. The van der Waals surface area contributed by atoms with E-state index in [-0.39, 0.29) is 24.1 Å². The summed E-state index contributed by atoms with van der Waals surface area (Å²) in [6, 6.07) is 4.28. The minimum atomic E-state index is -0.146. The Hall–Kier alpha value is -1.99. The van der Waals surface area contributed by atoms with Crippen molar-refractivity contribution in [3.05, 3.63) is 39.1 Å². The largest absolute Gasteiger partial charge is 0.352 e. The molecule has 3 atom stereocenters. The molecule has 148 valence electrons. The van der Waals surface area contributed by atoms with Crippen LogP contribution >= 0.6 is 22.7 Å². The van der Waals surface area contributed by atoms with Crippen LogP contribution in [0.1, 0.15) is 38.0 Å². The number of rotatable bonds is 4. The zero-order valence-corrected chi connectivity index (χ0v) is 18.0. The van der Waals surface area contributed by atoms with Crippen LogP contribution in [0.5, 0.6) is 0 Å². The molecule has 1 N–H and O–H groups in total. The molecule has 28 heavy (non-hydrogen) atoms. The molecule has 0 saturated heterocycles. The van der Waals surface area contributed by atoms with E-state index in [2.05, 4.69) is 37.1 Å². The lowest BCUT2D eigenvalue weighted by molar-refractivity contribution is -0.123. The maximum absolute atomic E-state index is 13.1. The van der Waals surface area contributed by atoms with Crippen molar-refractivity contribution >= 4 is 38.8 Å². The highest BCUT2D eigenvalue weighted by Crippen LogP contribution is 2.35. The van der Waals surface area contributed by atoms with Gasteiger partial charge in [0.1, 0.15) is 11.4 Å². The molecule has 3 aromatic rings. The molecule has 3 aromatic heterocycles. The van der Waals surface area contributed by atoms with Crippen LogP contribution in [-0.2, 0) is 11.3 Å². The first-order chi connectivity index (χ1) is 13.4. The molecule has 1 saturated carbocycles. The molecular weight excluding hydrogens is 390 g/mol. The Morgan fingerprint density at radius 1 is 1.32 bits per heavy atom. The van der Waals surface area contributed by atoms with Crippen molar-refractivity contribution in [2.75, 3.05) is 0 Å². The molecule has 0 aliphatic heterocycles. The van der Waals surface area contributed by atoms with Gasteiger partial charge < -0.3 is 5.32 Å². The fraction of sp³-hybridized carbons (Fsp3) is 0.476. The number of hydrogen-bond donors (Lipinski definition) is 1. The Labute approximate surface area is 172 Å². The van der Waals surface area contributed by atoms with Gasteiger partial charge in [-0.25, -0.2) is 4.98 Å². The van der Waals surface area contributed by atoms with Crippen molar-refractivity contribution in [3.8, 4) is 10.4 Å². The van der Waals surface area contributed by atoms with Gasteiger partial charge in [-0.1, -0.05) is 26.7 Å². The third-order valence-corrected chi connectivity index (χ3v) is 7.85. The fourth-order valence-electron chi connectivity index (χ4n) is 4.03. The van der Waals surface area contributed by atoms with Gasteiger partial charge in [-0.3, -0.25) is 14.2 Å². The van der Waals surface area contributed by atoms with Gasteiger partial charge >= 0.3 is 0 Å². The van der Waals surface area contributed by atoms with Gasteiger partial charge in [-0.15, -0.1) is 22.7 Å². The quantitative estimate of drug-likeness (QED) is 0.685. The maximum Gasteiger partial charge on any atom is 0.263 e. The molecule has 4 rings (SSSR count). The van der Waals surface area contributed by atoms with E-state index < -0.39 is 0 Å². The normalized spacial score (nSPS) is 22.5. The Bertz CT molecular complexity index is 1070. The summed E-state index contributed by atoms with van der Waals surface area (Å²) in [7, 11) is 0. The Morgan fingerprint density at radius 3 is 2.89 bits per heavy atom. The zero-order valence-electron chi connectivity index (χ0n) is 16.4. The van der Waals surface area contributed by atoms with E-state index in [0.717, 1.165) is 28.1 Å². The molecule has 0 radical (unpaired) electrons. The van der Waals surface area contributed by atoms with Gasteiger partial charge in [0.05, 0.1) is 11.7 Å². The van der Waals surface area contributed by atoms with Gasteiger partial charge in [0.15, 0.2) is 0 Å². The lowest BCUT2D eigenvalue weighted by atomic mass is 9.78. The second-order valence-electron chi connectivity index (χ2n) is 7.86. The number of amides is 1. The van der Waals surface area contributed by atoms with Gasteiger partial charge in [-0.2, -0.15) is 0 Å². The van der Waals surface area contributed by atoms with E-state index in [4.69, 9.17) is 0 Å². The van der Waals surface area contributed by atoms with Gasteiger partial charge in [0.25, 0.3) is 5.56 Å². The predicted molar refractivity (Wildman–Crippen MR) is 116 cm³/mol. The lowest BCUT2D eigenvalue weighted by Crippen LogP contribution is -2.45. The highest BCUT2D eigenvalue weighted by Gasteiger charge is 2.28. The minimum absolute atomic E-state index is 0.0120. The molecule has 1 aliphatic carbocycles. The van der Waals surface area contributed by atoms with Crippen molar-refractivity contribution in [2.45, 2.75) is 52.6 Å². The molecular formula is C21H25N3O2S2. The SMILES string of the molecule is Cc1ccc(-c2csc3ncn(CC(=O)N[C@@H]4CCC[C@H](C)[C@@H]4C)c(=O)c23)s1. The number of fused-ring (bicyclic) bond motifs is 1. The summed E-state index contributed by atoms with van der Waals surface area (Å²) in [4.78, 5) is 33.1. The van der Waals surface area contributed by atoms with Crippen molar-refractivity contribution in [1.82, 2.24) is 14.9 Å². The second-order valence-corrected chi connectivity index (χ2v) is 10.0. The van der Waals surface area contributed by atoms with Crippen LogP contribution in [0.15, 0.2) is 28.6 Å². The summed E-state index contributed by atoms with van der Waals surface area (Å²) in [5, 5.41) is 5.74. The van der Waals surface area contributed by atoms with Crippen molar-refractivity contribution < 1.29 is 4.79 Å². The molecule has 5 nitrogen and oxygen atoms in total. The van der Waals surface area contributed by atoms with Crippen LogP contribution in [0.4, 0.5) is 0 Å². The van der Waals surface area contributed by atoms with Crippen molar-refractivity contribution in [2.24, 2.45) is 11.8 Å². The number of carbonyl (C=O) groups is 1. The average molecular weight is 416 g/mol. The minimum Gasteiger partial charge on any atom is -0.352 e. The second kappa shape index (κ2) is 7.79. The van der Waals surface area contributed by atoms with Crippen LogP contribution in [-0.4, -0.2) is 21.5 Å². The molecule has 7 heteroatoms. The molecule has 1 aliphatic rings. The van der Waals surface area contributed by atoms with Gasteiger partial charge in [0.2, 0.25) is 5.91 Å². The zero-order chi connectivity index (χ0) is 19.8. The monoisotopic (exact) mass is 415 g/mol. The van der Waals surface area contributed by atoms with Crippen LogP contribution in [0.25, 0.3) is 20.7 Å². The standard InChI is InChI=1S/C21H25N3O2S2/c1-12-5-4-6-16(14(12)3)23-18(25)9-24-11-22-20-19(21(24)26)15(10-27-20)17-8-7-13(2)28-17/h7-8,10-12,14,16H,4-6,9H2,1-3H3,(H,23,25)/t12-,14-,16+/m0/s1. The summed E-state index contributed by atoms with van der Waals surface area (Å²) in [5.41, 5.74) is 0.771. The van der Waals surface area contributed by atoms with E-state index >= 15 is 0 Å². The molecule has 0 spiro atoms. The van der Waals surface area contributed by atoms with E-state index in [0.29, 0.717) is 17.2 Å². The Balaban J connectivity index is 1.58. The number of thiophene rings is 2. The smallest absolute Gasteiger partial charge is 0.263 e. The summed E-state index contributed by atoms with van der Waals surface area (Å²) in [6.45, 7) is 6.51. The highest BCUT2D eigenvalue weighted by molar-refractivity contribution is 7.19. The molecule has 1 fully saturated rings. The predicted octanol–water partition coefficient (Wildman–Crippen LogP) is 4.44. The van der Waals surface area contributed by atoms with E-state index in [1.165, 1.54) is 33.5 Å². The van der Waals surface area contributed by atoms with Crippen LogP contribution in [0.3, 0.4) is 0 Å². The Kier molecular flexibility index (Phi) is 5.38. The van der Waals surface area contributed by atoms with Crippen molar-refractivity contribution in [1.29, 1.82) is 0 Å². The summed E-state index contributed by atoms with van der Waals surface area (Å²) >= 11 is 3.13. The first-order valence-electron chi connectivity index (χ1n) is 9.77. The van der Waals surface area contributed by atoms with Gasteiger partial charge in [0, 0.05) is 26.7 Å². The maximum atomic E-state index is 13.1. The van der Waals surface area contributed by atoms with Gasteiger partial charge in [-0.05, 0) is 37.3 Å². The summed E-state index contributed by atoms with van der Waals surface area (Å²) in [5.74, 6) is 0.959. The lowest BCUT2D eigenvalue weighted by Gasteiger charge is -2.34. The summed E-state index contributed by atoms with van der Waals surface area (Å²) < 4.78 is 1.44. The van der Waals surface area contributed by atoms with E-state index in [1.54, 1.807) is 11.3 Å². The third kappa shape index (κ3) is 3.65. The van der Waals surface area contributed by atoms with E-state index in [9.17, 15) is 9.59 Å². The molecule has 1 amide bonds. The third-order valence-electron chi connectivity index (χ3n) is 5.93. The molecule has 0 unspecified atom stereocenters. The molecule has 0 aromatic carbocycles. The van der Waals surface area contributed by atoms with Crippen molar-refractivity contribution in [3.63, 3.8) is 0 Å². The number of nitrogens with zero attached hydrogens (tertiary/aromatic N) is 2. The molecule has 3 heterocycles. The number of carbonyl (C=O) groups excluding carboxylic acids is 1. The Morgan fingerprint density at radius 2 is 2.14 bits per heavy atom. The van der Waals surface area contributed by atoms with Crippen LogP contribution < -0.4 is 10.9 Å². The first-order valence-corrected chi connectivity index (χ1v) is 11.5.